The minimum atomic E-state index is -3.56. The fourth-order valence-corrected chi connectivity index (χ4v) is 3.60. The molecule has 0 aromatic heterocycles. The number of benzene rings is 1. The van der Waals surface area contributed by atoms with Crippen LogP contribution < -0.4 is 5.73 Å². The average molecular weight is 287 g/mol. The molecule has 1 aromatic carbocycles. The molecule has 0 atom stereocenters. The topological polar surface area (TPSA) is 63.4 Å². The number of anilines is 1. The summed E-state index contributed by atoms with van der Waals surface area (Å²) in [5, 5.41) is 0.367. The molecule has 6 heteroatoms. The van der Waals surface area contributed by atoms with Crippen LogP contribution >= 0.6 is 11.6 Å². The fraction of sp³-hybridized carbons (Fsp3) is 0.333. The van der Waals surface area contributed by atoms with Crippen molar-refractivity contribution in [1.29, 1.82) is 0 Å². The van der Waals surface area contributed by atoms with E-state index in [1.807, 2.05) is 13.0 Å². The largest absolute Gasteiger partial charge is 0.398 e. The van der Waals surface area contributed by atoms with Gasteiger partial charge in [0, 0.05) is 18.1 Å². The number of sulfonamides is 1. The lowest BCUT2D eigenvalue weighted by Gasteiger charge is -2.25. The maximum atomic E-state index is 12.4. The first kappa shape index (κ1) is 13.4. The molecule has 18 heavy (non-hydrogen) atoms. The second kappa shape index (κ2) is 4.91. The van der Waals surface area contributed by atoms with Crippen molar-refractivity contribution >= 4 is 27.3 Å². The first-order valence-electron chi connectivity index (χ1n) is 5.62. The Morgan fingerprint density at radius 3 is 2.72 bits per heavy atom. The molecule has 0 spiro atoms. The van der Waals surface area contributed by atoms with Crippen molar-refractivity contribution in [3.8, 4) is 0 Å². The summed E-state index contributed by atoms with van der Waals surface area (Å²) in [6, 6.07) is 4.49. The van der Waals surface area contributed by atoms with Gasteiger partial charge in [0.05, 0.1) is 5.69 Å². The van der Waals surface area contributed by atoms with E-state index < -0.39 is 10.0 Å². The van der Waals surface area contributed by atoms with Gasteiger partial charge in [0.2, 0.25) is 10.0 Å². The fourth-order valence-electron chi connectivity index (χ4n) is 1.84. The number of rotatable bonds is 2. The zero-order chi connectivity index (χ0) is 13.3. The van der Waals surface area contributed by atoms with E-state index in [0.29, 0.717) is 18.1 Å². The average Bonchev–Trinajstić information content (AvgIpc) is 2.32. The van der Waals surface area contributed by atoms with Crippen molar-refractivity contribution in [3.63, 3.8) is 0 Å². The molecule has 0 aliphatic carbocycles. The Balaban J connectivity index is 2.40. The normalized spacial score (nSPS) is 17.6. The summed E-state index contributed by atoms with van der Waals surface area (Å²) in [7, 11) is -3.56. The molecular formula is C12H15ClN2O2S. The number of nitrogen functional groups attached to an aromatic ring is 1. The molecule has 2 N–H and O–H groups in total. The zero-order valence-electron chi connectivity index (χ0n) is 10.1. The van der Waals surface area contributed by atoms with Crippen molar-refractivity contribution < 1.29 is 8.42 Å². The molecule has 0 bridgehead atoms. The Morgan fingerprint density at radius 1 is 1.39 bits per heavy atom. The number of halogens is 1. The highest BCUT2D eigenvalue weighted by Crippen LogP contribution is 2.27. The van der Waals surface area contributed by atoms with Crippen LogP contribution in [0.25, 0.3) is 0 Å². The van der Waals surface area contributed by atoms with Gasteiger partial charge in [-0.15, -0.1) is 0 Å². The number of hydrogen-bond acceptors (Lipinski definition) is 3. The van der Waals surface area contributed by atoms with Crippen LogP contribution in [-0.2, 0) is 10.0 Å². The van der Waals surface area contributed by atoms with E-state index in [1.165, 1.54) is 22.0 Å². The maximum absolute atomic E-state index is 12.4. The summed E-state index contributed by atoms with van der Waals surface area (Å²) in [5.74, 6) is 0. The van der Waals surface area contributed by atoms with Gasteiger partial charge in [-0.25, -0.2) is 8.42 Å². The molecule has 0 amide bonds. The number of nitrogens with zero attached hydrogens (tertiary/aromatic N) is 1. The van der Waals surface area contributed by atoms with Crippen LogP contribution in [0.2, 0.25) is 5.02 Å². The Bertz CT molecular complexity index is 596. The smallest absolute Gasteiger partial charge is 0.245 e. The molecule has 2 rings (SSSR count). The van der Waals surface area contributed by atoms with Gasteiger partial charge in [0.15, 0.2) is 0 Å². The van der Waals surface area contributed by atoms with E-state index >= 15 is 0 Å². The third-order valence-corrected chi connectivity index (χ3v) is 5.15. The van der Waals surface area contributed by atoms with Crippen LogP contribution in [-0.4, -0.2) is 25.8 Å². The minimum absolute atomic E-state index is 0.0861. The molecular weight excluding hydrogens is 272 g/mol. The summed E-state index contributed by atoms with van der Waals surface area (Å²) >= 11 is 5.83. The highest BCUT2D eigenvalue weighted by molar-refractivity contribution is 7.89. The summed E-state index contributed by atoms with van der Waals surface area (Å²) in [4.78, 5) is 0.0861. The Hall–Kier alpha value is -1.04. The Labute approximate surface area is 112 Å². The summed E-state index contributed by atoms with van der Waals surface area (Å²) < 4.78 is 26.3. The predicted molar refractivity (Wildman–Crippen MR) is 73.0 cm³/mol. The second-order valence-electron chi connectivity index (χ2n) is 4.35. The van der Waals surface area contributed by atoms with Gasteiger partial charge in [-0.2, -0.15) is 4.31 Å². The van der Waals surface area contributed by atoms with E-state index in [0.717, 1.165) is 6.42 Å². The van der Waals surface area contributed by atoms with Crippen molar-refractivity contribution in [2.24, 2.45) is 0 Å². The minimum Gasteiger partial charge on any atom is -0.398 e. The first-order chi connectivity index (χ1) is 8.41. The molecule has 98 valence electrons. The molecule has 0 saturated heterocycles. The Morgan fingerprint density at radius 2 is 2.11 bits per heavy atom. The lowest BCUT2D eigenvalue weighted by molar-refractivity contribution is 0.431. The third-order valence-electron chi connectivity index (χ3n) is 2.99. The standard InChI is InChI=1S/C12H15ClN2O2S/c1-9-4-6-15(7-5-9)18(16,17)12-8-10(13)2-3-11(12)14/h2-4,8H,5-7,14H2,1H3. The van der Waals surface area contributed by atoms with E-state index in [9.17, 15) is 8.42 Å². The molecule has 0 unspecified atom stereocenters. The van der Waals surface area contributed by atoms with Crippen molar-refractivity contribution in [2.75, 3.05) is 18.8 Å². The highest BCUT2D eigenvalue weighted by Gasteiger charge is 2.27. The third kappa shape index (κ3) is 2.53. The number of nitrogens with two attached hydrogens (primary N) is 1. The molecule has 0 saturated carbocycles. The summed E-state index contributed by atoms with van der Waals surface area (Å²) in [6.07, 6.45) is 2.67. The Kier molecular flexibility index (Phi) is 3.66. The lowest BCUT2D eigenvalue weighted by Crippen LogP contribution is -2.35. The summed E-state index contributed by atoms with van der Waals surface area (Å²) in [6.45, 7) is 2.87. The van der Waals surface area contributed by atoms with Crippen LogP contribution in [0.15, 0.2) is 34.7 Å². The van der Waals surface area contributed by atoms with Crippen LogP contribution in [0.3, 0.4) is 0 Å². The molecule has 4 nitrogen and oxygen atoms in total. The first-order valence-corrected chi connectivity index (χ1v) is 7.44. The van der Waals surface area contributed by atoms with E-state index in [1.54, 1.807) is 6.07 Å². The maximum Gasteiger partial charge on any atom is 0.245 e. The molecule has 1 aromatic rings. The van der Waals surface area contributed by atoms with E-state index in [2.05, 4.69) is 0 Å². The zero-order valence-corrected chi connectivity index (χ0v) is 11.6. The second-order valence-corrected chi connectivity index (χ2v) is 6.69. The lowest BCUT2D eigenvalue weighted by atomic mass is 10.1. The van der Waals surface area contributed by atoms with Gasteiger partial charge in [0.1, 0.15) is 4.90 Å². The van der Waals surface area contributed by atoms with Gasteiger partial charge < -0.3 is 5.73 Å². The molecule has 0 fully saturated rings. The molecule has 1 heterocycles. The quantitative estimate of drug-likeness (QED) is 0.670. The van der Waals surface area contributed by atoms with Crippen LogP contribution in [0.4, 0.5) is 5.69 Å². The van der Waals surface area contributed by atoms with Crippen LogP contribution in [0.1, 0.15) is 13.3 Å². The van der Waals surface area contributed by atoms with Gasteiger partial charge in [-0.3, -0.25) is 0 Å². The van der Waals surface area contributed by atoms with Gasteiger partial charge in [0.25, 0.3) is 0 Å². The van der Waals surface area contributed by atoms with Gasteiger partial charge in [-0.05, 0) is 31.5 Å². The monoisotopic (exact) mass is 286 g/mol. The molecule has 0 radical (unpaired) electrons. The molecule has 1 aliphatic rings. The summed E-state index contributed by atoms with van der Waals surface area (Å²) in [5.41, 5.74) is 7.17. The van der Waals surface area contributed by atoms with Crippen LogP contribution in [0, 0.1) is 0 Å². The van der Waals surface area contributed by atoms with E-state index in [-0.39, 0.29) is 10.6 Å². The number of hydrogen-bond donors (Lipinski definition) is 1. The highest BCUT2D eigenvalue weighted by atomic mass is 35.5. The van der Waals surface area contributed by atoms with Crippen molar-refractivity contribution in [1.82, 2.24) is 4.31 Å². The predicted octanol–water partition coefficient (Wildman–Crippen LogP) is 2.26. The van der Waals surface area contributed by atoms with Gasteiger partial charge >= 0.3 is 0 Å². The van der Waals surface area contributed by atoms with Gasteiger partial charge in [-0.1, -0.05) is 23.3 Å². The van der Waals surface area contributed by atoms with E-state index in [4.69, 9.17) is 17.3 Å². The SMILES string of the molecule is CC1=CCN(S(=O)(=O)c2cc(Cl)ccc2N)CC1. The van der Waals surface area contributed by atoms with Crippen molar-refractivity contribution in [3.05, 3.63) is 34.9 Å². The van der Waals surface area contributed by atoms with Crippen molar-refractivity contribution in [2.45, 2.75) is 18.2 Å². The molecule has 1 aliphatic heterocycles. The van der Waals surface area contributed by atoms with Crippen LogP contribution in [0.5, 0.6) is 0 Å².